The molecule has 0 unspecified atom stereocenters. The molecule has 1 atom stereocenters. The van der Waals surface area contributed by atoms with Crippen LogP contribution in [0.3, 0.4) is 0 Å². The average Bonchev–Trinajstić information content (AvgIpc) is 2.97. The fourth-order valence-electron chi connectivity index (χ4n) is 2.02. The summed E-state index contributed by atoms with van der Waals surface area (Å²) in [5.41, 5.74) is 0.514. The highest BCUT2D eigenvalue weighted by atomic mass is 16.5. The minimum atomic E-state index is -0.0823. The van der Waals surface area contributed by atoms with Crippen molar-refractivity contribution in [1.29, 1.82) is 0 Å². The number of amides is 1. The van der Waals surface area contributed by atoms with Crippen LogP contribution >= 0.6 is 0 Å². The van der Waals surface area contributed by atoms with Crippen LogP contribution in [0.5, 0.6) is 0 Å². The smallest absolute Gasteiger partial charge is 0.269 e. The molecule has 1 aliphatic rings. The Morgan fingerprint density at radius 1 is 1.76 bits per heavy atom. The number of aromatic amines is 1. The minimum absolute atomic E-state index is 0.0823. The van der Waals surface area contributed by atoms with Crippen LogP contribution in [-0.4, -0.2) is 60.4 Å². The summed E-state index contributed by atoms with van der Waals surface area (Å²) >= 11 is 0. The van der Waals surface area contributed by atoms with Crippen molar-refractivity contribution >= 4 is 5.91 Å². The SMILES string of the molecule is COCCN1CC[C@H](NC(=O)c2ccn[nH]2)C1. The molecule has 0 radical (unpaired) electrons. The fourth-order valence-corrected chi connectivity index (χ4v) is 2.02. The number of nitrogens with one attached hydrogen (secondary N) is 2. The van der Waals surface area contributed by atoms with E-state index in [0.717, 1.165) is 32.7 Å². The Morgan fingerprint density at radius 3 is 3.35 bits per heavy atom. The Labute approximate surface area is 100 Å². The Balaban J connectivity index is 1.76. The second kappa shape index (κ2) is 5.79. The standard InChI is InChI=1S/C11H18N4O2/c1-17-7-6-15-5-3-9(8-15)13-11(16)10-2-4-12-14-10/h2,4,9H,3,5-8H2,1H3,(H,12,14)(H,13,16)/t9-/m0/s1. The molecule has 1 aromatic rings. The fraction of sp³-hybridized carbons (Fsp3) is 0.636. The molecule has 1 fully saturated rings. The lowest BCUT2D eigenvalue weighted by Gasteiger charge is -2.15. The van der Waals surface area contributed by atoms with Gasteiger partial charge in [0.25, 0.3) is 5.91 Å². The van der Waals surface area contributed by atoms with Gasteiger partial charge in [0.1, 0.15) is 5.69 Å². The third-order valence-electron chi connectivity index (χ3n) is 2.96. The van der Waals surface area contributed by atoms with Gasteiger partial charge < -0.3 is 10.1 Å². The first-order valence-corrected chi connectivity index (χ1v) is 5.81. The summed E-state index contributed by atoms with van der Waals surface area (Å²) in [4.78, 5) is 14.0. The lowest BCUT2D eigenvalue weighted by Crippen LogP contribution is -2.37. The van der Waals surface area contributed by atoms with Crippen LogP contribution in [0.15, 0.2) is 12.3 Å². The number of aromatic nitrogens is 2. The number of methoxy groups -OCH3 is 1. The number of H-pyrrole nitrogens is 1. The number of carbonyl (C=O) groups is 1. The van der Waals surface area contributed by atoms with Crippen LogP contribution in [0.25, 0.3) is 0 Å². The van der Waals surface area contributed by atoms with E-state index in [9.17, 15) is 4.79 Å². The molecule has 1 aliphatic heterocycles. The number of rotatable bonds is 5. The molecule has 2 rings (SSSR count). The monoisotopic (exact) mass is 238 g/mol. The topological polar surface area (TPSA) is 70.2 Å². The molecular formula is C11H18N4O2. The van der Waals surface area contributed by atoms with E-state index in [0.29, 0.717) is 5.69 Å². The molecule has 1 aromatic heterocycles. The molecule has 17 heavy (non-hydrogen) atoms. The predicted molar refractivity (Wildman–Crippen MR) is 62.8 cm³/mol. The molecule has 6 heteroatoms. The number of hydrogen-bond acceptors (Lipinski definition) is 4. The number of hydrogen-bond donors (Lipinski definition) is 2. The first-order valence-electron chi connectivity index (χ1n) is 5.81. The summed E-state index contributed by atoms with van der Waals surface area (Å²) in [5.74, 6) is -0.0823. The lowest BCUT2D eigenvalue weighted by atomic mass is 10.2. The van der Waals surface area contributed by atoms with E-state index in [-0.39, 0.29) is 11.9 Å². The van der Waals surface area contributed by atoms with Gasteiger partial charge in [0.2, 0.25) is 0 Å². The van der Waals surface area contributed by atoms with E-state index >= 15 is 0 Å². The molecule has 0 saturated carbocycles. The maximum atomic E-state index is 11.8. The second-order valence-electron chi connectivity index (χ2n) is 4.22. The zero-order chi connectivity index (χ0) is 12.1. The van der Waals surface area contributed by atoms with Gasteiger partial charge >= 0.3 is 0 Å². The Hall–Kier alpha value is -1.40. The van der Waals surface area contributed by atoms with Crippen LogP contribution in [-0.2, 0) is 4.74 Å². The van der Waals surface area contributed by atoms with Gasteiger partial charge in [-0.25, -0.2) is 0 Å². The van der Waals surface area contributed by atoms with Crippen molar-refractivity contribution in [1.82, 2.24) is 20.4 Å². The maximum Gasteiger partial charge on any atom is 0.269 e. The van der Waals surface area contributed by atoms with Gasteiger partial charge in [-0.3, -0.25) is 14.8 Å². The molecule has 2 heterocycles. The van der Waals surface area contributed by atoms with Gasteiger partial charge in [0.05, 0.1) is 6.61 Å². The summed E-state index contributed by atoms with van der Waals surface area (Å²) < 4.78 is 5.04. The van der Waals surface area contributed by atoms with E-state index in [2.05, 4.69) is 20.4 Å². The van der Waals surface area contributed by atoms with Gasteiger partial charge in [-0.2, -0.15) is 5.10 Å². The summed E-state index contributed by atoms with van der Waals surface area (Å²) in [6.45, 7) is 3.56. The number of ether oxygens (including phenoxy) is 1. The second-order valence-corrected chi connectivity index (χ2v) is 4.22. The highest BCUT2D eigenvalue weighted by Gasteiger charge is 2.23. The normalized spacial score (nSPS) is 20.6. The van der Waals surface area contributed by atoms with Crippen molar-refractivity contribution in [3.63, 3.8) is 0 Å². The van der Waals surface area contributed by atoms with E-state index < -0.39 is 0 Å². The van der Waals surface area contributed by atoms with Gasteiger partial charge in [0, 0.05) is 39.0 Å². The summed E-state index contributed by atoms with van der Waals surface area (Å²) in [5, 5.41) is 9.42. The van der Waals surface area contributed by atoms with Gasteiger partial charge in [-0.05, 0) is 12.5 Å². The Morgan fingerprint density at radius 2 is 2.65 bits per heavy atom. The van der Waals surface area contributed by atoms with Crippen molar-refractivity contribution in [2.24, 2.45) is 0 Å². The van der Waals surface area contributed by atoms with Crippen LogP contribution in [0.4, 0.5) is 0 Å². The quantitative estimate of drug-likeness (QED) is 0.749. The number of carbonyl (C=O) groups excluding carboxylic acids is 1. The highest BCUT2D eigenvalue weighted by Crippen LogP contribution is 2.09. The molecule has 0 spiro atoms. The molecule has 1 amide bonds. The van der Waals surface area contributed by atoms with Crippen molar-refractivity contribution in [2.45, 2.75) is 12.5 Å². The number of likely N-dealkylation sites (tertiary alicyclic amines) is 1. The first-order chi connectivity index (χ1) is 8.29. The van der Waals surface area contributed by atoms with Crippen LogP contribution < -0.4 is 5.32 Å². The molecule has 0 bridgehead atoms. The van der Waals surface area contributed by atoms with Gasteiger partial charge in [-0.1, -0.05) is 0 Å². The van der Waals surface area contributed by atoms with Crippen molar-refractivity contribution < 1.29 is 9.53 Å². The van der Waals surface area contributed by atoms with Crippen molar-refractivity contribution in [3.8, 4) is 0 Å². The molecule has 94 valence electrons. The molecule has 0 aliphatic carbocycles. The maximum absolute atomic E-state index is 11.8. The van der Waals surface area contributed by atoms with Crippen LogP contribution in [0.2, 0.25) is 0 Å². The first kappa shape index (κ1) is 12.1. The van der Waals surface area contributed by atoms with E-state index in [1.807, 2.05) is 0 Å². The summed E-state index contributed by atoms with van der Waals surface area (Å²) in [7, 11) is 1.70. The largest absolute Gasteiger partial charge is 0.383 e. The Kier molecular flexibility index (Phi) is 4.11. The number of nitrogens with zero attached hydrogens (tertiary/aromatic N) is 2. The predicted octanol–water partition coefficient (Wildman–Crippen LogP) is -0.140. The van der Waals surface area contributed by atoms with Crippen LogP contribution in [0, 0.1) is 0 Å². The van der Waals surface area contributed by atoms with E-state index in [4.69, 9.17) is 4.74 Å². The zero-order valence-electron chi connectivity index (χ0n) is 9.98. The summed E-state index contributed by atoms with van der Waals surface area (Å²) in [6, 6.07) is 1.90. The highest BCUT2D eigenvalue weighted by molar-refractivity contribution is 5.92. The third kappa shape index (κ3) is 3.28. The summed E-state index contributed by atoms with van der Waals surface area (Å²) in [6.07, 6.45) is 2.57. The van der Waals surface area contributed by atoms with Crippen LogP contribution in [0.1, 0.15) is 16.9 Å². The third-order valence-corrected chi connectivity index (χ3v) is 2.96. The average molecular weight is 238 g/mol. The zero-order valence-corrected chi connectivity index (χ0v) is 9.98. The molecule has 0 aromatic carbocycles. The molecule has 2 N–H and O–H groups in total. The Bertz CT molecular complexity index is 352. The van der Waals surface area contributed by atoms with Gasteiger partial charge in [-0.15, -0.1) is 0 Å². The molecular weight excluding hydrogens is 220 g/mol. The minimum Gasteiger partial charge on any atom is -0.383 e. The van der Waals surface area contributed by atoms with E-state index in [1.165, 1.54) is 0 Å². The molecule has 1 saturated heterocycles. The lowest BCUT2D eigenvalue weighted by molar-refractivity contribution is 0.0931. The van der Waals surface area contributed by atoms with Crippen molar-refractivity contribution in [3.05, 3.63) is 18.0 Å². The van der Waals surface area contributed by atoms with E-state index in [1.54, 1.807) is 19.4 Å². The molecule has 6 nitrogen and oxygen atoms in total. The van der Waals surface area contributed by atoms with Gasteiger partial charge in [0.15, 0.2) is 0 Å². The van der Waals surface area contributed by atoms with Crippen molar-refractivity contribution in [2.75, 3.05) is 33.4 Å².